The Labute approximate surface area is 241 Å². The third-order valence-electron chi connectivity index (χ3n) is 8.65. The maximum absolute atomic E-state index is 4.85. The summed E-state index contributed by atoms with van der Waals surface area (Å²) in [5.74, 6) is 0.712. The highest BCUT2D eigenvalue weighted by molar-refractivity contribution is 7.17. The molecule has 0 saturated heterocycles. The third-order valence-corrected chi connectivity index (χ3v) is 9.55. The molecule has 194 valence electrons. The second-order valence-electron chi connectivity index (χ2n) is 10.8. The number of para-hydroxylation sites is 1. The molecule has 0 spiro atoms. The summed E-state index contributed by atoms with van der Waals surface area (Å²) in [6, 6.07) is 33.0. The first-order valence-electron chi connectivity index (χ1n) is 14.1. The number of pyridine rings is 1. The summed E-state index contributed by atoms with van der Waals surface area (Å²) in [6.07, 6.45) is 15.4. The van der Waals surface area contributed by atoms with Gasteiger partial charge in [-0.2, -0.15) is 0 Å². The zero-order valence-corrected chi connectivity index (χ0v) is 23.0. The van der Waals surface area contributed by atoms with Crippen molar-refractivity contribution in [3.63, 3.8) is 0 Å². The number of hydrogen-bond acceptors (Lipinski definition) is 2. The number of aromatic nitrogens is 3. The van der Waals surface area contributed by atoms with E-state index in [4.69, 9.17) is 4.98 Å². The Bertz CT molecular complexity index is 2200. The smallest absolute Gasteiger partial charge is 0.108 e. The highest BCUT2D eigenvalue weighted by Crippen LogP contribution is 2.44. The lowest BCUT2D eigenvalue weighted by molar-refractivity contribution is 0.692. The Balaban J connectivity index is 1.10. The standard InChI is InChI=1S/C37H25N3S/c1-2-7-29-26(6-1)15-20-33-35(29)36-34(10-5-22-38-36)39(33)27-16-11-24(12-17-27)25-13-18-28(19-14-25)40-32-9-4-3-8-30(32)31-21-23-41-37(31)40/h1-23,26,29H. The minimum Gasteiger partial charge on any atom is -0.308 e. The molecule has 0 radical (unpaired) electrons. The van der Waals surface area contributed by atoms with Gasteiger partial charge in [0.2, 0.25) is 0 Å². The molecule has 7 aromatic rings. The Morgan fingerprint density at radius 3 is 2.20 bits per heavy atom. The van der Waals surface area contributed by atoms with E-state index in [2.05, 4.69) is 136 Å². The minimum atomic E-state index is 0.323. The molecule has 9 rings (SSSR count). The third kappa shape index (κ3) is 3.35. The number of benzene rings is 3. The number of nitrogens with zero attached hydrogens (tertiary/aromatic N) is 3. The van der Waals surface area contributed by atoms with Crippen LogP contribution in [0.1, 0.15) is 17.2 Å². The average Bonchev–Trinajstić information content (AvgIpc) is 3.73. The fourth-order valence-corrected chi connectivity index (χ4v) is 7.72. The molecule has 4 heterocycles. The van der Waals surface area contributed by atoms with Crippen LogP contribution in [0.2, 0.25) is 0 Å². The Kier molecular flexibility index (Phi) is 4.89. The second-order valence-corrected chi connectivity index (χ2v) is 11.7. The van der Waals surface area contributed by atoms with E-state index in [-0.39, 0.29) is 0 Å². The molecule has 0 aliphatic heterocycles. The summed E-state index contributed by atoms with van der Waals surface area (Å²) < 4.78 is 4.75. The molecule has 2 aliphatic rings. The molecule has 0 N–H and O–H groups in total. The number of allylic oxidation sites excluding steroid dienone is 5. The van der Waals surface area contributed by atoms with Gasteiger partial charge in [-0.25, -0.2) is 0 Å². The van der Waals surface area contributed by atoms with Crippen molar-refractivity contribution < 1.29 is 0 Å². The zero-order chi connectivity index (χ0) is 26.9. The van der Waals surface area contributed by atoms with E-state index < -0.39 is 0 Å². The Hall–Kier alpha value is -4.93. The lowest BCUT2D eigenvalue weighted by atomic mass is 9.79. The molecule has 0 amide bonds. The molecule has 2 atom stereocenters. The first kappa shape index (κ1) is 22.8. The molecular formula is C37H25N3S. The summed E-state index contributed by atoms with van der Waals surface area (Å²) in [7, 11) is 0. The van der Waals surface area contributed by atoms with E-state index in [0.29, 0.717) is 11.8 Å². The van der Waals surface area contributed by atoms with Crippen molar-refractivity contribution in [3.8, 4) is 22.5 Å². The van der Waals surface area contributed by atoms with Crippen LogP contribution in [0.5, 0.6) is 0 Å². The van der Waals surface area contributed by atoms with E-state index in [1.54, 1.807) is 11.3 Å². The molecule has 2 unspecified atom stereocenters. The molecule has 0 bridgehead atoms. The quantitative estimate of drug-likeness (QED) is 0.217. The minimum absolute atomic E-state index is 0.323. The van der Waals surface area contributed by atoms with Crippen LogP contribution in [0.3, 0.4) is 0 Å². The van der Waals surface area contributed by atoms with E-state index >= 15 is 0 Å². The van der Waals surface area contributed by atoms with Gasteiger partial charge in [-0.3, -0.25) is 4.98 Å². The summed E-state index contributed by atoms with van der Waals surface area (Å²) in [6.45, 7) is 0. The van der Waals surface area contributed by atoms with E-state index in [1.165, 1.54) is 49.2 Å². The van der Waals surface area contributed by atoms with Crippen LogP contribution >= 0.6 is 11.3 Å². The Morgan fingerprint density at radius 1 is 0.634 bits per heavy atom. The van der Waals surface area contributed by atoms with Gasteiger partial charge < -0.3 is 9.13 Å². The van der Waals surface area contributed by atoms with Gasteiger partial charge in [-0.15, -0.1) is 11.3 Å². The van der Waals surface area contributed by atoms with Gasteiger partial charge in [0.05, 0.1) is 22.2 Å². The molecule has 2 aliphatic carbocycles. The van der Waals surface area contributed by atoms with Gasteiger partial charge in [-0.05, 0) is 71.1 Å². The summed E-state index contributed by atoms with van der Waals surface area (Å²) in [4.78, 5) is 6.14. The fraction of sp³-hybridized carbons (Fsp3) is 0.0541. The van der Waals surface area contributed by atoms with Crippen LogP contribution in [-0.2, 0) is 0 Å². The normalized spacial score (nSPS) is 17.5. The monoisotopic (exact) mass is 543 g/mol. The lowest BCUT2D eigenvalue weighted by Gasteiger charge is -2.26. The largest absolute Gasteiger partial charge is 0.308 e. The van der Waals surface area contributed by atoms with Crippen LogP contribution in [0.4, 0.5) is 0 Å². The second kappa shape index (κ2) is 8.79. The number of fused-ring (bicyclic) bond motifs is 8. The average molecular weight is 544 g/mol. The van der Waals surface area contributed by atoms with Crippen molar-refractivity contribution in [1.82, 2.24) is 14.1 Å². The molecule has 41 heavy (non-hydrogen) atoms. The molecule has 4 aromatic heterocycles. The number of thiophene rings is 1. The van der Waals surface area contributed by atoms with Crippen LogP contribution in [-0.4, -0.2) is 14.1 Å². The van der Waals surface area contributed by atoms with Crippen molar-refractivity contribution in [1.29, 1.82) is 0 Å². The van der Waals surface area contributed by atoms with Crippen molar-refractivity contribution in [2.75, 3.05) is 0 Å². The highest BCUT2D eigenvalue weighted by Gasteiger charge is 2.30. The van der Waals surface area contributed by atoms with Crippen LogP contribution in [0.15, 0.2) is 133 Å². The fourth-order valence-electron chi connectivity index (χ4n) is 6.77. The van der Waals surface area contributed by atoms with Crippen molar-refractivity contribution in [2.24, 2.45) is 5.92 Å². The molecule has 0 fully saturated rings. The maximum atomic E-state index is 4.85. The summed E-state index contributed by atoms with van der Waals surface area (Å²) in [5, 5.41) is 4.81. The first-order valence-corrected chi connectivity index (χ1v) is 14.9. The number of rotatable bonds is 3. The first-order chi connectivity index (χ1) is 20.3. The van der Waals surface area contributed by atoms with Gasteiger partial charge >= 0.3 is 0 Å². The molecule has 4 heteroatoms. The molecule has 0 saturated carbocycles. The van der Waals surface area contributed by atoms with E-state index in [1.807, 2.05) is 12.3 Å². The predicted octanol–water partition coefficient (Wildman–Crippen LogP) is 9.70. The van der Waals surface area contributed by atoms with Crippen LogP contribution < -0.4 is 0 Å². The van der Waals surface area contributed by atoms with Gasteiger partial charge in [0.25, 0.3) is 0 Å². The lowest BCUT2D eigenvalue weighted by Crippen LogP contribution is -2.14. The predicted molar refractivity (Wildman–Crippen MR) is 172 cm³/mol. The maximum Gasteiger partial charge on any atom is 0.108 e. The van der Waals surface area contributed by atoms with E-state index in [0.717, 1.165) is 16.7 Å². The van der Waals surface area contributed by atoms with E-state index in [9.17, 15) is 0 Å². The SMILES string of the molecule is C1=CC2C=Cc3c(c4ncccc4n3-c3ccc(-c4ccc(-n5c6ccccc6c6ccsc65)cc4)cc3)C2C=C1. The topological polar surface area (TPSA) is 22.8 Å². The zero-order valence-electron chi connectivity index (χ0n) is 22.2. The highest BCUT2D eigenvalue weighted by atomic mass is 32.1. The van der Waals surface area contributed by atoms with Gasteiger partial charge in [0.15, 0.2) is 0 Å². The van der Waals surface area contributed by atoms with Gasteiger partial charge in [0.1, 0.15) is 4.83 Å². The van der Waals surface area contributed by atoms with Crippen molar-refractivity contribution in [2.45, 2.75) is 5.92 Å². The van der Waals surface area contributed by atoms with Gasteiger partial charge in [0, 0.05) is 45.7 Å². The number of hydrogen-bond donors (Lipinski definition) is 0. The Morgan fingerprint density at radius 2 is 1.37 bits per heavy atom. The van der Waals surface area contributed by atoms with Crippen molar-refractivity contribution >= 4 is 49.6 Å². The summed E-state index contributed by atoms with van der Waals surface area (Å²) >= 11 is 1.80. The van der Waals surface area contributed by atoms with Crippen LogP contribution in [0, 0.1) is 5.92 Å². The molecule has 3 aromatic carbocycles. The summed E-state index contributed by atoms with van der Waals surface area (Å²) in [5.41, 5.74) is 10.8. The van der Waals surface area contributed by atoms with Gasteiger partial charge in [-0.1, -0.05) is 72.8 Å². The van der Waals surface area contributed by atoms with Crippen LogP contribution in [0.25, 0.3) is 60.7 Å². The molecule has 3 nitrogen and oxygen atoms in total. The molecular weight excluding hydrogens is 518 g/mol. The van der Waals surface area contributed by atoms with Crippen molar-refractivity contribution in [3.05, 3.63) is 144 Å².